The van der Waals surface area contributed by atoms with Crippen LogP contribution in [0.5, 0.6) is 0 Å². The molecule has 0 aliphatic heterocycles. The fraction of sp³-hybridized carbons (Fsp3) is 0. The van der Waals surface area contributed by atoms with Crippen LogP contribution in [0.25, 0.3) is 66.2 Å². The van der Waals surface area contributed by atoms with Gasteiger partial charge in [0.25, 0.3) is 0 Å². The molecule has 0 saturated heterocycles. The van der Waals surface area contributed by atoms with Gasteiger partial charge in [-0.2, -0.15) is 0 Å². The van der Waals surface area contributed by atoms with Crippen molar-refractivity contribution in [2.24, 2.45) is 0 Å². The normalized spacial score (nSPS) is 12.6. The molecule has 1 aromatic heterocycles. The van der Waals surface area contributed by atoms with Gasteiger partial charge in [-0.15, -0.1) is 0 Å². The lowest BCUT2D eigenvalue weighted by molar-refractivity contribution is 1.32. The zero-order valence-corrected chi connectivity index (χ0v) is 24.2. The summed E-state index contributed by atoms with van der Waals surface area (Å²) in [4.78, 5) is 10.1. The van der Waals surface area contributed by atoms with Gasteiger partial charge in [-0.05, 0) is 63.3 Å². The van der Waals surface area contributed by atoms with E-state index in [2.05, 4.69) is 127 Å². The Morgan fingerprint density at radius 3 is 1.77 bits per heavy atom. The van der Waals surface area contributed by atoms with Crippen molar-refractivity contribution in [2.45, 2.75) is 0 Å². The first-order valence-corrected chi connectivity index (χ1v) is 15.9. The fourth-order valence-electron chi connectivity index (χ4n) is 6.63. The van der Waals surface area contributed by atoms with Gasteiger partial charge in [0.1, 0.15) is 0 Å². The summed E-state index contributed by atoms with van der Waals surface area (Å²) in [6, 6.07) is 54.9. The smallest absolute Gasteiger partial charge is 0.0979 e. The molecule has 1 heterocycles. The van der Waals surface area contributed by atoms with E-state index in [1.807, 2.05) is 24.3 Å². The molecular formula is C40H25N2P. The minimum Gasteiger partial charge on any atom is -0.244 e. The Kier molecular flexibility index (Phi) is 5.51. The maximum Gasteiger partial charge on any atom is 0.0979 e. The fourth-order valence-corrected chi connectivity index (χ4v) is 9.08. The predicted molar refractivity (Wildman–Crippen MR) is 183 cm³/mol. The number of nitrogens with zero attached hydrogens (tertiary/aromatic N) is 2. The van der Waals surface area contributed by atoms with Gasteiger partial charge in [-0.1, -0.05) is 140 Å². The summed E-state index contributed by atoms with van der Waals surface area (Å²) in [6.07, 6.45) is 0. The second-order valence-electron chi connectivity index (χ2n) is 11.0. The van der Waals surface area contributed by atoms with Crippen LogP contribution in [0.2, 0.25) is 0 Å². The summed E-state index contributed by atoms with van der Waals surface area (Å²) in [7, 11) is -0.726. The Labute approximate surface area is 251 Å². The summed E-state index contributed by atoms with van der Waals surface area (Å²) in [5.41, 5.74) is 8.62. The average molecular weight is 565 g/mol. The standard InChI is InChI=1S/C40H25N2P/c1-2-12-28(13-3-1)43(37-19-8-11-26-10-4-5-14-31(26)37)29-22-20-27(21-23-29)30-24-25-34-38-32(30)15-9-16-33(38)39-40(34)42-36-18-7-6-17-35(36)41-39/h1-25H. The van der Waals surface area contributed by atoms with E-state index in [4.69, 9.17) is 9.97 Å². The molecule has 1 unspecified atom stereocenters. The van der Waals surface area contributed by atoms with Crippen molar-refractivity contribution < 1.29 is 0 Å². The van der Waals surface area contributed by atoms with Crippen LogP contribution in [0.3, 0.4) is 0 Å². The van der Waals surface area contributed by atoms with E-state index in [9.17, 15) is 0 Å². The number of hydrogen-bond donors (Lipinski definition) is 0. The molecule has 0 bridgehead atoms. The molecule has 0 N–H and O–H groups in total. The molecule has 0 saturated carbocycles. The summed E-state index contributed by atoms with van der Waals surface area (Å²) >= 11 is 0. The number of para-hydroxylation sites is 2. The van der Waals surface area contributed by atoms with Crippen LogP contribution in [-0.4, -0.2) is 9.97 Å². The molecule has 200 valence electrons. The van der Waals surface area contributed by atoms with Crippen LogP contribution in [0.4, 0.5) is 0 Å². The Hall–Kier alpha value is -5.17. The van der Waals surface area contributed by atoms with Gasteiger partial charge in [0.05, 0.1) is 22.4 Å². The van der Waals surface area contributed by atoms with Crippen molar-refractivity contribution >= 4 is 56.4 Å². The van der Waals surface area contributed by atoms with E-state index in [1.165, 1.54) is 59.7 Å². The molecule has 8 aromatic rings. The lowest BCUT2D eigenvalue weighted by Crippen LogP contribution is -2.21. The topological polar surface area (TPSA) is 25.8 Å². The maximum absolute atomic E-state index is 5.05. The van der Waals surface area contributed by atoms with E-state index >= 15 is 0 Å². The molecule has 9 rings (SSSR count). The van der Waals surface area contributed by atoms with Crippen molar-refractivity contribution in [3.8, 4) is 33.6 Å². The van der Waals surface area contributed by atoms with E-state index in [0.29, 0.717) is 0 Å². The zero-order chi connectivity index (χ0) is 28.3. The average Bonchev–Trinajstić information content (AvgIpc) is 3.39. The molecule has 0 radical (unpaired) electrons. The third-order valence-corrected chi connectivity index (χ3v) is 11.1. The Morgan fingerprint density at radius 1 is 0.395 bits per heavy atom. The first-order valence-electron chi connectivity index (χ1n) is 14.6. The van der Waals surface area contributed by atoms with Crippen LogP contribution < -0.4 is 15.9 Å². The quantitative estimate of drug-likeness (QED) is 0.199. The molecule has 0 amide bonds. The van der Waals surface area contributed by atoms with Crippen molar-refractivity contribution in [3.05, 3.63) is 152 Å². The van der Waals surface area contributed by atoms with Gasteiger partial charge in [0.2, 0.25) is 0 Å². The number of rotatable bonds is 4. The van der Waals surface area contributed by atoms with Crippen LogP contribution in [0, 0.1) is 0 Å². The van der Waals surface area contributed by atoms with Crippen LogP contribution >= 0.6 is 7.92 Å². The molecular weight excluding hydrogens is 539 g/mol. The largest absolute Gasteiger partial charge is 0.244 e. The van der Waals surface area contributed by atoms with Crippen molar-refractivity contribution in [3.63, 3.8) is 0 Å². The van der Waals surface area contributed by atoms with E-state index in [0.717, 1.165) is 22.4 Å². The SMILES string of the molecule is c1ccc(P(c2ccc(-c3ccc4c5c(cccc35)-c3nc5ccccc5nc3-4)cc2)c2cccc3ccccc23)cc1. The predicted octanol–water partition coefficient (Wildman–Crippen LogP) is 9.01. The van der Waals surface area contributed by atoms with Gasteiger partial charge in [0, 0.05) is 16.5 Å². The number of benzene rings is 7. The minimum atomic E-state index is -0.726. The van der Waals surface area contributed by atoms with Crippen LogP contribution in [0.15, 0.2) is 152 Å². The lowest BCUT2D eigenvalue weighted by atomic mass is 9.95. The molecule has 1 atom stereocenters. The Morgan fingerprint density at radius 2 is 0.977 bits per heavy atom. The summed E-state index contributed by atoms with van der Waals surface area (Å²) in [5.74, 6) is 0. The highest BCUT2D eigenvalue weighted by Crippen LogP contribution is 2.48. The third kappa shape index (κ3) is 3.84. The van der Waals surface area contributed by atoms with Crippen LogP contribution in [-0.2, 0) is 0 Å². The molecule has 43 heavy (non-hydrogen) atoms. The molecule has 1 aliphatic rings. The highest BCUT2D eigenvalue weighted by Gasteiger charge is 2.26. The number of fused-ring (bicyclic) bond motifs is 5. The highest BCUT2D eigenvalue weighted by molar-refractivity contribution is 7.80. The van der Waals surface area contributed by atoms with Crippen molar-refractivity contribution in [1.82, 2.24) is 9.97 Å². The second kappa shape index (κ2) is 9.70. The van der Waals surface area contributed by atoms with Crippen LogP contribution in [0.1, 0.15) is 0 Å². The van der Waals surface area contributed by atoms with Crippen molar-refractivity contribution in [1.29, 1.82) is 0 Å². The molecule has 7 aromatic carbocycles. The van der Waals surface area contributed by atoms with Gasteiger partial charge in [-0.25, -0.2) is 9.97 Å². The molecule has 1 aliphatic carbocycles. The zero-order valence-electron chi connectivity index (χ0n) is 23.3. The van der Waals surface area contributed by atoms with E-state index in [-0.39, 0.29) is 0 Å². The Balaban J connectivity index is 1.18. The Bertz CT molecular complexity index is 2290. The maximum atomic E-state index is 5.05. The third-order valence-electron chi connectivity index (χ3n) is 8.58. The minimum absolute atomic E-state index is 0.726. The van der Waals surface area contributed by atoms with Gasteiger partial charge < -0.3 is 0 Å². The molecule has 3 heteroatoms. The second-order valence-corrected chi connectivity index (χ2v) is 13.2. The molecule has 0 spiro atoms. The van der Waals surface area contributed by atoms with E-state index in [1.54, 1.807) is 0 Å². The summed E-state index contributed by atoms with van der Waals surface area (Å²) in [6.45, 7) is 0. The number of hydrogen-bond acceptors (Lipinski definition) is 2. The summed E-state index contributed by atoms with van der Waals surface area (Å²) < 4.78 is 0. The highest BCUT2D eigenvalue weighted by atomic mass is 31.1. The van der Waals surface area contributed by atoms with Gasteiger partial charge in [-0.3, -0.25) is 0 Å². The van der Waals surface area contributed by atoms with Gasteiger partial charge in [0.15, 0.2) is 0 Å². The first kappa shape index (κ1) is 24.4. The number of aromatic nitrogens is 2. The van der Waals surface area contributed by atoms with E-state index < -0.39 is 7.92 Å². The van der Waals surface area contributed by atoms with Crippen molar-refractivity contribution in [2.75, 3.05) is 0 Å². The first-order chi connectivity index (χ1) is 21.3. The summed E-state index contributed by atoms with van der Waals surface area (Å²) in [5, 5.41) is 9.19. The molecule has 0 fully saturated rings. The monoisotopic (exact) mass is 564 g/mol. The van der Waals surface area contributed by atoms with Gasteiger partial charge >= 0.3 is 0 Å². The molecule has 2 nitrogen and oxygen atoms in total. The lowest BCUT2D eigenvalue weighted by Gasteiger charge is -2.21.